The molecule has 0 aromatic heterocycles. The van der Waals surface area contributed by atoms with Crippen LogP contribution in [-0.2, 0) is 55.7 Å². The van der Waals surface area contributed by atoms with Crippen molar-refractivity contribution in [2.24, 2.45) is 0 Å². The summed E-state index contributed by atoms with van der Waals surface area (Å²) >= 11 is 3.68. The molecule has 1 aliphatic heterocycles. The first-order chi connectivity index (χ1) is 20.3. The van der Waals surface area contributed by atoms with E-state index in [1.165, 1.54) is 33.3 Å². The van der Waals surface area contributed by atoms with Crippen molar-refractivity contribution in [2.75, 3.05) is 6.61 Å². The lowest BCUT2D eigenvalue weighted by Crippen LogP contribution is -2.59. The minimum atomic E-state index is -1.29. The number of halogens is 1. The molecule has 0 bridgehead atoms. The van der Waals surface area contributed by atoms with Crippen LogP contribution in [0.1, 0.15) is 76.8 Å². The molecule has 10 nitrogen and oxygen atoms in total. The summed E-state index contributed by atoms with van der Waals surface area (Å²) in [6, 6.07) is 12.0. The van der Waals surface area contributed by atoms with Gasteiger partial charge < -0.3 is 28.4 Å². The first-order valence-electron chi connectivity index (χ1n) is 14.2. The van der Waals surface area contributed by atoms with Crippen LogP contribution in [0.3, 0.4) is 0 Å². The van der Waals surface area contributed by atoms with Gasteiger partial charge in [-0.15, -0.1) is 0 Å². The van der Waals surface area contributed by atoms with E-state index in [2.05, 4.69) is 47.1 Å². The highest BCUT2D eigenvalue weighted by atomic mass is 79.9. The van der Waals surface area contributed by atoms with Crippen LogP contribution in [-0.4, -0.2) is 61.0 Å². The Kier molecular flexibility index (Phi) is 12.1. The van der Waals surface area contributed by atoms with Gasteiger partial charge in [0.05, 0.1) is 6.10 Å². The van der Waals surface area contributed by atoms with Gasteiger partial charge in [-0.2, -0.15) is 0 Å². The molecule has 11 heteroatoms. The molecule has 2 aromatic rings. The van der Waals surface area contributed by atoms with Crippen molar-refractivity contribution in [2.45, 2.75) is 97.9 Å². The van der Waals surface area contributed by atoms with E-state index in [1.54, 1.807) is 0 Å². The Morgan fingerprint density at radius 3 is 1.91 bits per heavy atom. The van der Waals surface area contributed by atoms with Crippen LogP contribution in [0.4, 0.5) is 0 Å². The maximum atomic E-state index is 12.4. The predicted molar refractivity (Wildman–Crippen MR) is 159 cm³/mol. The highest BCUT2D eigenvalue weighted by Crippen LogP contribution is 2.43. The lowest BCUT2D eigenvalue weighted by molar-refractivity contribution is -0.254. The minimum Gasteiger partial charge on any atom is -0.491 e. The standard InChI is InChI=1S/C32H39BrO10/c1-8-22-9-11-23(12-10-22)13-24-14-25(27(15-26(24)33)39-17(2)3)29-31(41-20(6)36)32(42-21(7)37)30(40-19(5)35)28(43-29)16-38-18(4)34/h9-12,14-15,17,28-32H,8,13,16H2,1-7H3/t28?,29-,30+,31-,32-/m0/s1. The van der Waals surface area contributed by atoms with Gasteiger partial charge in [0.2, 0.25) is 0 Å². The molecule has 0 spiro atoms. The van der Waals surface area contributed by atoms with Gasteiger partial charge in [0.15, 0.2) is 18.3 Å². The molecule has 0 saturated carbocycles. The van der Waals surface area contributed by atoms with E-state index in [4.69, 9.17) is 28.4 Å². The van der Waals surface area contributed by atoms with Gasteiger partial charge in [-0.05, 0) is 55.5 Å². The minimum absolute atomic E-state index is 0.233. The number of hydrogen-bond donors (Lipinski definition) is 0. The van der Waals surface area contributed by atoms with Gasteiger partial charge in [-0.3, -0.25) is 19.2 Å². The fourth-order valence-electron chi connectivity index (χ4n) is 4.92. The van der Waals surface area contributed by atoms with Gasteiger partial charge in [0.1, 0.15) is 24.6 Å². The third-order valence-electron chi connectivity index (χ3n) is 6.66. The van der Waals surface area contributed by atoms with Crippen molar-refractivity contribution in [3.05, 3.63) is 63.1 Å². The van der Waals surface area contributed by atoms with Crippen LogP contribution in [0.5, 0.6) is 5.75 Å². The first kappa shape index (κ1) is 34.1. The fourth-order valence-corrected chi connectivity index (χ4v) is 5.39. The number of ether oxygens (including phenoxy) is 6. The van der Waals surface area contributed by atoms with E-state index >= 15 is 0 Å². The zero-order chi connectivity index (χ0) is 31.8. The number of aryl methyl sites for hydroxylation is 1. The molecular weight excluding hydrogens is 624 g/mol. The highest BCUT2D eigenvalue weighted by Gasteiger charge is 2.53. The molecule has 1 heterocycles. The lowest BCUT2D eigenvalue weighted by Gasteiger charge is -2.45. The van der Waals surface area contributed by atoms with E-state index in [0.717, 1.165) is 22.0 Å². The number of esters is 4. The molecule has 2 aromatic carbocycles. The van der Waals surface area contributed by atoms with Crippen LogP contribution < -0.4 is 4.74 Å². The molecule has 1 unspecified atom stereocenters. The highest BCUT2D eigenvalue weighted by molar-refractivity contribution is 9.10. The summed E-state index contributed by atoms with van der Waals surface area (Å²) in [4.78, 5) is 48.5. The van der Waals surface area contributed by atoms with Crippen molar-refractivity contribution in [1.29, 1.82) is 0 Å². The van der Waals surface area contributed by atoms with Crippen LogP contribution in [0.15, 0.2) is 40.9 Å². The fraction of sp³-hybridized carbons (Fsp3) is 0.500. The van der Waals surface area contributed by atoms with Crippen LogP contribution >= 0.6 is 15.9 Å². The van der Waals surface area contributed by atoms with E-state index in [9.17, 15) is 19.2 Å². The van der Waals surface area contributed by atoms with Gasteiger partial charge in [-0.1, -0.05) is 47.1 Å². The summed E-state index contributed by atoms with van der Waals surface area (Å²) in [7, 11) is 0. The number of carbonyl (C=O) groups is 4. The molecule has 0 radical (unpaired) electrons. The first-order valence-corrected chi connectivity index (χ1v) is 15.0. The summed E-state index contributed by atoms with van der Waals surface area (Å²) in [6.45, 7) is 10.3. The van der Waals surface area contributed by atoms with Gasteiger partial charge >= 0.3 is 23.9 Å². The molecule has 234 valence electrons. The number of rotatable bonds is 11. The third-order valence-corrected chi connectivity index (χ3v) is 7.40. The van der Waals surface area contributed by atoms with Crippen molar-refractivity contribution in [1.82, 2.24) is 0 Å². The number of hydrogen-bond acceptors (Lipinski definition) is 10. The van der Waals surface area contributed by atoms with Gasteiger partial charge in [0, 0.05) is 37.7 Å². The topological polar surface area (TPSA) is 124 Å². The van der Waals surface area contributed by atoms with Crippen LogP contribution in [0.25, 0.3) is 0 Å². The molecule has 0 N–H and O–H groups in total. The average molecular weight is 664 g/mol. The zero-order valence-corrected chi connectivity index (χ0v) is 27.1. The number of carbonyl (C=O) groups excluding carboxylic acids is 4. The average Bonchev–Trinajstić information content (AvgIpc) is 2.91. The van der Waals surface area contributed by atoms with E-state index in [0.29, 0.717) is 17.7 Å². The number of benzene rings is 2. The molecule has 0 amide bonds. The monoisotopic (exact) mass is 662 g/mol. The molecule has 1 fully saturated rings. The Morgan fingerprint density at radius 1 is 0.814 bits per heavy atom. The van der Waals surface area contributed by atoms with Crippen molar-refractivity contribution in [3.8, 4) is 5.75 Å². The summed E-state index contributed by atoms with van der Waals surface area (Å²) in [5.74, 6) is -2.21. The SMILES string of the molecule is CCc1ccc(Cc2cc([C@@H]3OC(COC(C)=O)[C@@H](OC(C)=O)[C@H](OC(C)=O)[C@H]3OC(C)=O)c(OC(C)C)cc2Br)cc1. The zero-order valence-electron chi connectivity index (χ0n) is 25.5. The quantitative estimate of drug-likeness (QED) is 0.235. The summed E-state index contributed by atoms with van der Waals surface area (Å²) < 4.78 is 35.5. The van der Waals surface area contributed by atoms with E-state index in [1.807, 2.05) is 26.0 Å². The second-order valence-corrected chi connectivity index (χ2v) is 11.5. The maximum Gasteiger partial charge on any atom is 0.303 e. The Balaban J connectivity index is 2.20. The van der Waals surface area contributed by atoms with Crippen molar-refractivity contribution in [3.63, 3.8) is 0 Å². The second-order valence-electron chi connectivity index (χ2n) is 10.6. The third kappa shape index (κ3) is 9.53. The van der Waals surface area contributed by atoms with Crippen LogP contribution in [0.2, 0.25) is 0 Å². The van der Waals surface area contributed by atoms with E-state index in [-0.39, 0.29) is 12.7 Å². The van der Waals surface area contributed by atoms with Crippen molar-refractivity contribution >= 4 is 39.8 Å². The van der Waals surface area contributed by atoms with Crippen LogP contribution in [0, 0.1) is 0 Å². The molecule has 1 aliphatic rings. The summed E-state index contributed by atoms with van der Waals surface area (Å²) in [5, 5.41) is 0. The summed E-state index contributed by atoms with van der Waals surface area (Å²) in [6.07, 6.45) is -4.66. The van der Waals surface area contributed by atoms with E-state index < -0.39 is 54.4 Å². The molecular formula is C32H39BrO10. The Hall–Kier alpha value is -3.44. The smallest absolute Gasteiger partial charge is 0.303 e. The second kappa shape index (κ2) is 15.3. The predicted octanol–water partition coefficient (Wildman–Crippen LogP) is 5.19. The Labute approximate surface area is 260 Å². The maximum absolute atomic E-state index is 12.4. The Morgan fingerprint density at radius 2 is 1.37 bits per heavy atom. The summed E-state index contributed by atoms with van der Waals surface area (Å²) in [5.41, 5.74) is 3.70. The lowest BCUT2D eigenvalue weighted by atomic mass is 9.88. The normalized spacial score (nSPS) is 21.6. The molecule has 3 rings (SSSR count). The molecule has 43 heavy (non-hydrogen) atoms. The molecule has 5 atom stereocenters. The van der Waals surface area contributed by atoms with Gasteiger partial charge in [-0.25, -0.2) is 0 Å². The Bertz CT molecular complexity index is 1310. The van der Waals surface area contributed by atoms with Gasteiger partial charge in [0.25, 0.3) is 0 Å². The largest absolute Gasteiger partial charge is 0.491 e. The van der Waals surface area contributed by atoms with Crippen molar-refractivity contribution < 1.29 is 47.6 Å². The molecule has 0 aliphatic carbocycles. The molecule has 1 saturated heterocycles.